The van der Waals surface area contributed by atoms with Crippen LogP contribution in [0.5, 0.6) is 0 Å². The molecule has 1 atom stereocenters. The molecule has 0 saturated carbocycles. The van der Waals surface area contributed by atoms with Crippen LogP contribution >= 0.6 is 0 Å². The van der Waals surface area contributed by atoms with Gasteiger partial charge in [-0.2, -0.15) is 0 Å². The van der Waals surface area contributed by atoms with Crippen LogP contribution in [-0.4, -0.2) is 63.2 Å². The molecule has 3 N–H and O–H groups in total. The molecule has 1 fully saturated rings. The predicted molar refractivity (Wildman–Crippen MR) is 110 cm³/mol. The van der Waals surface area contributed by atoms with Gasteiger partial charge in [0.1, 0.15) is 5.84 Å². The summed E-state index contributed by atoms with van der Waals surface area (Å²) < 4.78 is 27.6. The normalized spacial score (nSPS) is 20.3. The maximum absolute atomic E-state index is 12.5. The second kappa shape index (κ2) is 8.91. The average molecular weight is 422 g/mol. The second-order valence-corrected chi connectivity index (χ2v) is 9.25. The van der Waals surface area contributed by atoms with Crippen molar-refractivity contribution in [1.82, 2.24) is 14.9 Å². The fourth-order valence-electron chi connectivity index (χ4n) is 3.60. The van der Waals surface area contributed by atoms with E-state index >= 15 is 0 Å². The van der Waals surface area contributed by atoms with Gasteiger partial charge < -0.3 is 10.6 Å². The molecule has 0 aromatic heterocycles. The molecule has 9 nitrogen and oxygen atoms in total. The van der Waals surface area contributed by atoms with E-state index in [2.05, 4.69) is 20.3 Å². The lowest BCUT2D eigenvalue weighted by atomic mass is 10.00. The largest absolute Gasteiger partial charge is 0.353 e. The fraction of sp³-hybridized carbons (Fsp3) is 0.526. The van der Waals surface area contributed by atoms with Gasteiger partial charge in [0, 0.05) is 31.7 Å². The molecule has 0 aliphatic carbocycles. The molecule has 1 aromatic carbocycles. The molecule has 2 heterocycles. The lowest BCUT2D eigenvalue weighted by molar-refractivity contribution is -0.132. The Bertz CT molecular complexity index is 913. The van der Waals surface area contributed by atoms with Crippen LogP contribution < -0.4 is 15.4 Å². The molecule has 29 heavy (non-hydrogen) atoms. The van der Waals surface area contributed by atoms with Gasteiger partial charge in [-0.15, -0.1) is 0 Å². The number of nitrogens with zero attached hydrogens (tertiary/aromatic N) is 2. The molecule has 2 amide bonds. The summed E-state index contributed by atoms with van der Waals surface area (Å²) in [6.07, 6.45) is 1.44. The average Bonchev–Trinajstić information content (AvgIpc) is 3.14. The topological polar surface area (TPSA) is 120 Å². The van der Waals surface area contributed by atoms with Crippen LogP contribution in [-0.2, 0) is 19.6 Å². The SMILES string of the molecule is CC(C)C1C(=O)NCCN1CC(=O)Nc1cccc(S(=O)(=O)NC2=NCCC2)c1. The number of hydrogen-bond acceptors (Lipinski definition) is 6. The number of hydrogen-bond donors (Lipinski definition) is 3. The molecule has 2 aliphatic heterocycles. The van der Waals surface area contributed by atoms with Crippen molar-refractivity contribution in [3.63, 3.8) is 0 Å². The summed E-state index contributed by atoms with van der Waals surface area (Å²) in [5, 5.41) is 5.56. The molecule has 1 aromatic rings. The van der Waals surface area contributed by atoms with Crippen LogP contribution in [0.4, 0.5) is 5.69 Å². The van der Waals surface area contributed by atoms with Gasteiger partial charge in [0.25, 0.3) is 10.0 Å². The number of amides is 2. The molecule has 10 heteroatoms. The zero-order valence-corrected chi connectivity index (χ0v) is 17.5. The summed E-state index contributed by atoms with van der Waals surface area (Å²) in [7, 11) is -3.75. The van der Waals surface area contributed by atoms with Crippen LogP contribution in [0.15, 0.2) is 34.2 Å². The number of sulfonamides is 1. The highest BCUT2D eigenvalue weighted by Crippen LogP contribution is 2.18. The van der Waals surface area contributed by atoms with Crippen molar-refractivity contribution in [2.45, 2.75) is 37.6 Å². The third-order valence-corrected chi connectivity index (χ3v) is 6.27. The van der Waals surface area contributed by atoms with Gasteiger partial charge in [0.15, 0.2) is 0 Å². The number of amidine groups is 1. The number of carbonyl (C=O) groups is 2. The Balaban J connectivity index is 1.66. The second-order valence-electron chi connectivity index (χ2n) is 7.56. The van der Waals surface area contributed by atoms with Gasteiger partial charge in [-0.05, 0) is 30.5 Å². The molecule has 3 rings (SSSR count). The Hall–Kier alpha value is -2.46. The molecule has 1 saturated heterocycles. The van der Waals surface area contributed by atoms with E-state index in [0.717, 1.165) is 6.42 Å². The summed E-state index contributed by atoms with van der Waals surface area (Å²) in [6.45, 7) is 5.65. The third-order valence-electron chi connectivity index (χ3n) is 4.89. The fourth-order valence-corrected chi connectivity index (χ4v) is 4.73. The number of carbonyl (C=O) groups excluding carboxylic acids is 2. The van der Waals surface area contributed by atoms with Crippen LogP contribution in [0, 0.1) is 5.92 Å². The highest BCUT2D eigenvalue weighted by Gasteiger charge is 2.33. The quantitative estimate of drug-likeness (QED) is 0.620. The minimum atomic E-state index is -3.75. The number of rotatable bonds is 6. The maximum atomic E-state index is 12.5. The van der Waals surface area contributed by atoms with Crippen LogP contribution in [0.25, 0.3) is 0 Å². The van der Waals surface area contributed by atoms with E-state index in [0.29, 0.717) is 37.6 Å². The number of benzene rings is 1. The van der Waals surface area contributed by atoms with E-state index in [1.54, 1.807) is 12.1 Å². The Kier molecular flexibility index (Phi) is 6.53. The van der Waals surface area contributed by atoms with Crippen LogP contribution in [0.3, 0.4) is 0 Å². The first-order chi connectivity index (χ1) is 13.8. The minimum absolute atomic E-state index is 0.0577. The molecule has 158 valence electrons. The predicted octanol–water partition coefficient (Wildman–Crippen LogP) is 0.552. The Morgan fingerprint density at radius 1 is 1.38 bits per heavy atom. The first kappa shape index (κ1) is 21.3. The summed E-state index contributed by atoms with van der Waals surface area (Å²) >= 11 is 0. The van der Waals surface area contributed by atoms with Crippen molar-refractivity contribution < 1.29 is 18.0 Å². The number of piperazine rings is 1. The van der Waals surface area contributed by atoms with E-state index in [4.69, 9.17) is 0 Å². The third kappa shape index (κ3) is 5.33. The summed E-state index contributed by atoms with van der Waals surface area (Å²) in [4.78, 5) is 30.7. The molecular weight excluding hydrogens is 394 g/mol. The van der Waals surface area contributed by atoms with E-state index in [9.17, 15) is 18.0 Å². The molecule has 2 aliphatic rings. The van der Waals surface area contributed by atoms with E-state index in [1.807, 2.05) is 18.7 Å². The molecule has 0 bridgehead atoms. The smallest absolute Gasteiger partial charge is 0.262 e. The Morgan fingerprint density at radius 2 is 2.17 bits per heavy atom. The molecule has 1 unspecified atom stereocenters. The van der Waals surface area contributed by atoms with Crippen molar-refractivity contribution in [2.75, 3.05) is 31.5 Å². The summed E-state index contributed by atoms with van der Waals surface area (Å²) in [5.74, 6) is 0.157. The van der Waals surface area contributed by atoms with Crippen molar-refractivity contribution in [2.24, 2.45) is 10.9 Å². The van der Waals surface area contributed by atoms with Crippen LogP contribution in [0.1, 0.15) is 26.7 Å². The number of aliphatic imine (C=N–C) groups is 1. The van der Waals surface area contributed by atoms with E-state index in [-0.39, 0.29) is 35.2 Å². The summed E-state index contributed by atoms with van der Waals surface area (Å²) in [6, 6.07) is 5.73. The maximum Gasteiger partial charge on any atom is 0.262 e. The van der Waals surface area contributed by atoms with E-state index < -0.39 is 10.0 Å². The molecule has 0 radical (unpaired) electrons. The highest BCUT2D eigenvalue weighted by molar-refractivity contribution is 7.90. The van der Waals surface area contributed by atoms with Gasteiger partial charge in [-0.25, -0.2) is 8.42 Å². The monoisotopic (exact) mass is 421 g/mol. The number of anilines is 1. The van der Waals surface area contributed by atoms with Gasteiger partial charge in [0.2, 0.25) is 11.8 Å². The van der Waals surface area contributed by atoms with Crippen molar-refractivity contribution in [1.29, 1.82) is 0 Å². The molecular formula is C19H27N5O4S. The van der Waals surface area contributed by atoms with Crippen LogP contribution in [0.2, 0.25) is 0 Å². The lowest BCUT2D eigenvalue weighted by Gasteiger charge is -2.36. The van der Waals surface area contributed by atoms with Gasteiger partial charge >= 0.3 is 0 Å². The standard InChI is InChI=1S/C19H27N5O4S/c1-13(2)18-19(26)21-9-10-24(18)12-17(25)22-14-5-3-6-15(11-14)29(27,28)23-16-7-4-8-20-16/h3,5-6,11,13,18H,4,7-10,12H2,1-2H3,(H,20,23)(H,21,26)(H,22,25). The van der Waals surface area contributed by atoms with Crippen molar-refractivity contribution in [3.05, 3.63) is 24.3 Å². The Labute approximate surface area is 171 Å². The zero-order chi connectivity index (χ0) is 21.0. The zero-order valence-electron chi connectivity index (χ0n) is 16.6. The molecule has 0 spiro atoms. The first-order valence-corrected chi connectivity index (χ1v) is 11.2. The minimum Gasteiger partial charge on any atom is -0.353 e. The Morgan fingerprint density at radius 3 is 2.86 bits per heavy atom. The van der Waals surface area contributed by atoms with Gasteiger partial charge in [-0.1, -0.05) is 19.9 Å². The highest BCUT2D eigenvalue weighted by atomic mass is 32.2. The summed E-state index contributed by atoms with van der Waals surface area (Å²) in [5.41, 5.74) is 0.383. The van der Waals surface area contributed by atoms with Gasteiger partial charge in [-0.3, -0.25) is 24.2 Å². The first-order valence-electron chi connectivity index (χ1n) is 9.74. The lowest BCUT2D eigenvalue weighted by Crippen LogP contribution is -2.58. The van der Waals surface area contributed by atoms with Crippen molar-refractivity contribution >= 4 is 33.4 Å². The van der Waals surface area contributed by atoms with Crippen molar-refractivity contribution in [3.8, 4) is 0 Å². The van der Waals surface area contributed by atoms with E-state index in [1.165, 1.54) is 12.1 Å². The van der Waals surface area contributed by atoms with Gasteiger partial charge in [0.05, 0.1) is 17.5 Å². The number of nitrogens with one attached hydrogen (secondary N) is 3.